The van der Waals surface area contributed by atoms with Crippen molar-refractivity contribution in [3.8, 4) is 0 Å². The average molecular weight is 251 g/mol. The Kier molecular flexibility index (Phi) is 6.25. The van der Waals surface area contributed by atoms with Crippen molar-refractivity contribution in [1.29, 1.82) is 0 Å². The molecule has 5 nitrogen and oxygen atoms in total. The van der Waals surface area contributed by atoms with E-state index in [1.165, 1.54) is 6.42 Å². The number of nitrogens with one attached hydrogen (secondary N) is 2. The van der Waals surface area contributed by atoms with Gasteiger partial charge in [0.2, 0.25) is 5.95 Å². The van der Waals surface area contributed by atoms with Crippen molar-refractivity contribution in [1.82, 2.24) is 9.97 Å². The van der Waals surface area contributed by atoms with E-state index in [1.807, 2.05) is 6.07 Å². The Labute approximate surface area is 110 Å². The topological polar surface area (TPSA) is 75.9 Å². The molecule has 0 fully saturated rings. The molecule has 1 rings (SSSR count). The van der Waals surface area contributed by atoms with Gasteiger partial charge in [-0.1, -0.05) is 20.8 Å². The van der Waals surface area contributed by atoms with Crippen LogP contribution in [0, 0.1) is 5.92 Å². The number of rotatable bonds is 8. The molecule has 0 radical (unpaired) electrons. The summed E-state index contributed by atoms with van der Waals surface area (Å²) in [4.78, 5) is 8.32. The molecule has 0 aromatic carbocycles. The molecule has 0 saturated carbocycles. The summed E-state index contributed by atoms with van der Waals surface area (Å²) in [7, 11) is 0. The number of nitrogen functional groups attached to an aromatic ring is 1. The summed E-state index contributed by atoms with van der Waals surface area (Å²) in [5.41, 5.74) is 5.68. The molecular formula is C13H25N5. The maximum absolute atomic E-state index is 5.68. The Hall–Kier alpha value is -1.52. The molecule has 5 heteroatoms. The lowest BCUT2D eigenvalue weighted by atomic mass is 10.1. The van der Waals surface area contributed by atoms with E-state index >= 15 is 0 Å². The van der Waals surface area contributed by atoms with Gasteiger partial charge in [-0.2, -0.15) is 9.97 Å². The minimum Gasteiger partial charge on any atom is -0.370 e. The van der Waals surface area contributed by atoms with Crippen LogP contribution < -0.4 is 16.4 Å². The van der Waals surface area contributed by atoms with Crippen molar-refractivity contribution in [2.24, 2.45) is 5.92 Å². The molecule has 0 amide bonds. The highest BCUT2D eigenvalue weighted by atomic mass is 15.1. The minimum atomic E-state index is 0.308. The van der Waals surface area contributed by atoms with E-state index in [0.29, 0.717) is 5.95 Å². The lowest BCUT2D eigenvalue weighted by molar-refractivity contribution is 0.566. The monoisotopic (exact) mass is 251 g/mol. The molecule has 0 spiro atoms. The summed E-state index contributed by atoms with van der Waals surface area (Å²) in [6.45, 7) is 8.39. The summed E-state index contributed by atoms with van der Waals surface area (Å²) < 4.78 is 0. The van der Waals surface area contributed by atoms with Gasteiger partial charge in [0.25, 0.3) is 0 Å². The molecule has 0 atom stereocenters. The summed E-state index contributed by atoms with van der Waals surface area (Å²) in [6.07, 6.45) is 3.41. The van der Waals surface area contributed by atoms with Gasteiger partial charge in [-0.15, -0.1) is 0 Å². The zero-order chi connectivity index (χ0) is 13.4. The highest BCUT2D eigenvalue weighted by Crippen LogP contribution is 2.13. The van der Waals surface area contributed by atoms with E-state index in [9.17, 15) is 0 Å². The molecule has 1 heterocycles. The van der Waals surface area contributed by atoms with Crippen molar-refractivity contribution >= 4 is 17.6 Å². The van der Waals surface area contributed by atoms with Crippen LogP contribution in [0.2, 0.25) is 0 Å². The molecule has 0 saturated heterocycles. The first-order valence-corrected chi connectivity index (χ1v) is 6.74. The third-order valence-electron chi connectivity index (χ3n) is 2.56. The molecule has 0 aliphatic rings. The van der Waals surface area contributed by atoms with Crippen LogP contribution in [-0.2, 0) is 0 Å². The minimum absolute atomic E-state index is 0.308. The van der Waals surface area contributed by atoms with Crippen molar-refractivity contribution in [2.75, 3.05) is 29.5 Å². The third-order valence-corrected chi connectivity index (χ3v) is 2.56. The summed E-state index contributed by atoms with van der Waals surface area (Å²) in [5, 5.41) is 6.50. The van der Waals surface area contributed by atoms with Crippen LogP contribution in [0.25, 0.3) is 0 Å². The standard InChI is InChI=1S/C13H25N5/c1-4-7-15-11-9-12(18-13(14)17-11)16-8-5-6-10(2)3/h9-10H,4-8H2,1-3H3,(H4,14,15,16,17,18). The molecule has 0 aliphatic carbocycles. The third kappa shape index (κ3) is 5.70. The zero-order valence-electron chi connectivity index (χ0n) is 11.7. The van der Waals surface area contributed by atoms with E-state index in [4.69, 9.17) is 5.73 Å². The number of anilines is 3. The lowest BCUT2D eigenvalue weighted by Crippen LogP contribution is -2.09. The largest absolute Gasteiger partial charge is 0.370 e. The quantitative estimate of drug-likeness (QED) is 0.619. The van der Waals surface area contributed by atoms with Gasteiger partial charge < -0.3 is 16.4 Å². The predicted octanol–water partition coefficient (Wildman–Crippen LogP) is 2.73. The normalized spacial score (nSPS) is 10.7. The van der Waals surface area contributed by atoms with Crippen molar-refractivity contribution in [2.45, 2.75) is 40.0 Å². The molecule has 0 unspecified atom stereocenters. The number of hydrogen-bond acceptors (Lipinski definition) is 5. The Bertz CT molecular complexity index is 351. The highest BCUT2D eigenvalue weighted by Gasteiger charge is 2.01. The van der Waals surface area contributed by atoms with Crippen LogP contribution in [0.1, 0.15) is 40.0 Å². The van der Waals surface area contributed by atoms with E-state index in [1.54, 1.807) is 0 Å². The second-order valence-electron chi connectivity index (χ2n) is 4.89. The second kappa shape index (κ2) is 7.74. The fourth-order valence-corrected chi connectivity index (χ4v) is 1.63. The first-order chi connectivity index (χ1) is 8.61. The average Bonchev–Trinajstić information content (AvgIpc) is 2.31. The Balaban J connectivity index is 2.46. The van der Waals surface area contributed by atoms with Crippen molar-refractivity contribution in [3.05, 3.63) is 6.07 Å². The molecule has 1 aromatic rings. The maximum Gasteiger partial charge on any atom is 0.223 e. The lowest BCUT2D eigenvalue weighted by Gasteiger charge is -2.10. The van der Waals surface area contributed by atoms with Gasteiger partial charge in [0, 0.05) is 19.2 Å². The van der Waals surface area contributed by atoms with Crippen LogP contribution >= 0.6 is 0 Å². The second-order valence-corrected chi connectivity index (χ2v) is 4.89. The van der Waals surface area contributed by atoms with Crippen molar-refractivity contribution in [3.63, 3.8) is 0 Å². The number of aromatic nitrogens is 2. The van der Waals surface area contributed by atoms with Gasteiger partial charge in [-0.3, -0.25) is 0 Å². The summed E-state index contributed by atoms with van der Waals surface area (Å²) in [5.74, 6) is 2.63. The van der Waals surface area contributed by atoms with Gasteiger partial charge in [0.15, 0.2) is 0 Å². The van der Waals surface area contributed by atoms with E-state index < -0.39 is 0 Å². The Morgan fingerprint density at radius 1 is 1.17 bits per heavy atom. The molecule has 18 heavy (non-hydrogen) atoms. The van der Waals surface area contributed by atoms with Gasteiger partial charge in [-0.05, 0) is 25.2 Å². The first-order valence-electron chi connectivity index (χ1n) is 6.74. The highest BCUT2D eigenvalue weighted by molar-refractivity contribution is 5.50. The number of hydrogen-bond donors (Lipinski definition) is 3. The van der Waals surface area contributed by atoms with Crippen LogP contribution in [0.15, 0.2) is 6.07 Å². The van der Waals surface area contributed by atoms with E-state index in [-0.39, 0.29) is 0 Å². The van der Waals surface area contributed by atoms with Gasteiger partial charge in [0.1, 0.15) is 11.6 Å². The Morgan fingerprint density at radius 2 is 1.78 bits per heavy atom. The smallest absolute Gasteiger partial charge is 0.223 e. The predicted molar refractivity (Wildman–Crippen MR) is 77.8 cm³/mol. The summed E-state index contributed by atoms with van der Waals surface area (Å²) in [6, 6.07) is 1.90. The number of nitrogens with zero attached hydrogens (tertiary/aromatic N) is 2. The van der Waals surface area contributed by atoms with Crippen LogP contribution in [0.3, 0.4) is 0 Å². The zero-order valence-corrected chi connectivity index (χ0v) is 11.7. The summed E-state index contributed by atoms with van der Waals surface area (Å²) >= 11 is 0. The Morgan fingerprint density at radius 3 is 2.33 bits per heavy atom. The molecule has 4 N–H and O–H groups in total. The van der Waals surface area contributed by atoms with Gasteiger partial charge in [-0.25, -0.2) is 0 Å². The van der Waals surface area contributed by atoms with Crippen LogP contribution in [0.4, 0.5) is 17.6 Å². The fraction of sp³-hybridized carbons (Fsp3) is 0.692. The maximum atomic E-state index is 5.68. The SMILES string of the molecule is CCCNc1cc(NCCCC(C)C)nc(N)n1. The van der Waals surface area contributed by atoms with E-state index in [0.717, 1.165) is 43.5 Å². The molecule has 0 bridgehead atoms. The van der Waals surface area contributed by atoms with Crippen LogP contribution in [-0.4, -0.2) is 23.1 Å². The number of nitrogens with two attached hydrogens (primary N) is 1. The fourth-order valence-electron chi connectivity index (χ4n) is 1.63. The van der Waals surface area contributed by atoms with Gasteiger partial charge in [0.05, 0.1) is 0 Å². The van der Waals surface area contributed by atoms with E-state index in [2.05, 4.69) is 41.4 Å². The first kappa shape index (κ1) is 14.5. The molecular weight excluding hydrogens is 226 g/mol. The van der Waals surface area contributed by atoms with Crippen LogP contribution in [0.5, 0.6) is 0 Å². The molecule has 102 valence electrons. The molecule has 1 aromatic heterocycles. The van der Waals surface area contributed by atoms with Gasteiger partial charge >= 0.3 is 0 Å². The molecule has 0 aliphatic heterocycles. The van der Waals surface area contributed by atoms with Crippen molar-refractivity contribution < 1.29 is 0 Å².